The average molecular weight is 427 g/mol. The topological polar surface area (TPSA) is 94.0 Å². The molecule has 0 aliphatic carbocycles. The Balaban J connectivity index is 1.83. The molecule has 4 rings (SSSR count). The Bertz CT molecular complexity index is 1390. The zero-order chi connectivity index (χ0) is 20.6. The number of pyridine rings is 1. The fourth-order valence-electron chi connectivity index (χ4n) is 2.99. The highest BCUT2D eigenvalue weighted by molar-refractivity contribution is 7.92. The van der Waals surface area contributed by atoms with Crippen molar-refractivity contribution in [1.82, 2.24) is 14.5 Å². The molecule has 0 saturated carbocycles. The van der Waals surface area contributed by atoms with E-state index in [0.29, 0.717) is 22.4 Å². The quantitative estimate of drug-likeness (QED) is 0.538. The molecule has 0 amide bonds. The van der Waals surface area contributed by atoms with Crippen molar-refractivity contribution in [2.45, 2.75) is 11.8 Å². The van der Waals surface area contributed by atoms with E-state index in [1.165, 1.54) is 41.2 Å². The monoisotopic (exact) mass is 426 g/mol. The van der Waals surface area contributed by atoms with Crippen molar-refractivity contribution in [3.8, 4) is 5.69 Å². The minimum Gasteiger partial charge on any atom is -0.278 e. The number of nitrogens with zero attached hydrogens (tertiary/aromatic N) is 3. The molecule has 0 radical (unpaired) electrons. The molecule has 2 aromatic heterocycles. The standard InChI is InChI=1S/C20H15ClN4O3S/c1-13-23-18-7-3-2-6-16(18)20(26)25(13)14-8-9-17(21)19(11-14)24-29(27,28)15-5-4-10-22-12-15/h2-12,24H,1H3. The van der Waals surface area contributed by atoms with E-state index in [4.69, 9.17) is 11.6 Å². The number of hydrogen-bond acceptors (Lipinski definition) is 5. The number of anilines is 1. The molecule has 0 aliphatic rings. The highest BCUT2D eigenvalue weighted by Crippen LogP contribution is 2.27. The largest absolute Gasteiger partial charge is 0.278 e. The highest BCUT2D eigenvalue weighted by atomic mass is 35.5. The number of fused-ring (bicyclic) bond motifs is 1. The second-order valence-electron chi connectivity index (χ2n) is 6.28. The summed E-state index contributed by atoms with van der Waals surface area (Å²) in [7, 11) is -3.89. The Morgan fingerprint density at radius 3 is 2.62 bits per heavy atom. The van der Waals surface area contributed by atoms with Gasteiger partial charge in [-0.1, -0.05) is 23.7 Å². The van der Waals surface area contributed by atoms with Gasteiger partial charge < -0.3 is 0 Å². The first-order valence-electron chi connectivity index (χ1n) is 8.58. The van der Waals surface area contributed by atoms with Gasteiger partial charge in [0.15, 0.2) is 0 Å². The number of rotatable bonds is 4. The minimum absolute atomic E-state index is 0.00203. The lowest BCUT2D eigenvalue weighted by atomic mass is 10.2. The third kappa shape index (κ3) is 3.59. The van der Waals surface area contributed by atoms with Crippen LogP contribution in [0.25, 0.3) is 16.6 Å². The van der Waals surface area contributed by atoms with Crippen molar-refractivity contribution in [2.75, 3.05) is 4.72 Å². The number of aryl methyl sites for hydroxylation is 1. The third-order valence-electron chi connectivity index (χ3n) is 4.34. The SMILES string of the molecule is Cc1nc2ccccc2c(=O)n1-c1ccc(Cl)c(NS(=O)(=O)c2cccnc2)c1. The maximum absolute atomic E-state index is 13.0. The lowest BCUT2D eigenvalue weighted by Gasteiger charge is -2.14. The van der Waals surface area contributed by atoms with E-state index in [0.717, 1.165) is 0 Å². The highest BCUT2D eigenvalue weighted by Gasteiger charge is 2.17. The van der Waals surface area contributed by atoms with E-state index >= 15 is 0 Å². The fourth-order valence-corrected chi connectivity index (χ4v) is 4.24. The predicted octanol–water partition coefficient (Wildman–Crippen LogP) is 3.54. The summed E-state index contributed by atoms with van der Waals surface area (Å²) in [6.45, 7) is 1.71. The van der Waals surface area contributed by atoms with Gasteiger partial charge in [-0.15, -0.1) is 0 Å². The molecule has 0 unspecified atom stereocenters. The first-order chi connectivity index (χ1) is 13.9. The molecular weight excluding hydrogens is 412 g/mol. The van der Waals surface area contributed by atoms with Crippen molar-refractivity contribution in [2.24, 2.45) is 0 Å². The molecule has 2 heterocycles. The van der Waals surface area contributed by atoms with E-state index < -0.39 is 10.0 Å². The van der Waals surface area contributed by atoms with Crippen LogP contribution in [0, 0.1) is 6.92 Å². The van der Waals surface area contributed by atoms with Gasteiger partial charge in [0.2, 0.25) is 0 Å². The maximum Gasteiger partial charge on any atom is 0.265 e. The van der Waals surface area contributed by atoms with Crippen molar-refractivity contribution < 1.29 is 8.42 Å². The van der Waals surface area contributed by atoms with Crippen LogP contribution < -0.4 is 10.3 Å². The molecule has 0 saturated heterocycles. The molecule has 29 heavy (non-hydrogen) atoms. The van der Waals surface area contributed by atoms with E-state index in [9.17, 15) is 13.2 Å². The minimum atomic E-state index is -3.89. The van der Waals surface area contributed by atoms with Crippen molar-refractivity contribution in [3.63, 3.8) is 0 Å². The van der Waals surface area contributed by atoms with E-state index in [1.807, 2.05) is 6.07 Å². The Hall–Kier alpha value is -3.23. The van der Waals surface area contributed by atoms with Gasteiger partial charge >= 0.3 is 0 Å². The number of para-hydroxylation sites is 1. The molecule has 4 aromatic rings. The number of aromatic nitrogens is 3. The first kappa shape index (κ1) is 19.1. The summed E-state index contributed by atoms with van der Waals surface area (Å²) < 4.78 is 29.1. The molecule has 146 valence electrons. The molecule has 0 atom stereocenters. The molecule has 9 heteroatoms. The molecule has 2 aromatic carbocycles. The molecule has 0 bridgehead atoms. The Morgan fingerprint density at radius 2 is 1.86 bits per heavy atom. The Labute approximate surface area is 171 Å². The molecule has 0 aliphatic heterocycles. The van der Waals surface area contributed by atoms with Crippen LogP contribution in [0.5, 0.6) is 0 Å². The van der Waals surface area contributed by atoms with E-state index in [-0.39, 0.29) is 21.2 Å². The van der Waals surface area contributed by atoms with Gasteiger partial charge in [-0.3, -0.25) is 19.1 Å². The zero-order valence-electron chi connectivity index (χ0n) is 15.2. The van der Waals surface area contributed by atoms with Gasteiger partial charge in [0, 0.05) is 12.4 Å². The van der Waals surface area contributed by atoms with Gasteiger partial charge in [-0.05, 0) is 49.4 Å². The average Bonchev–Trinajstić information content (AvgIpc) is 2.71. The summed E-state index contributed by atoms with van der Waals surface area (Å²) in [5.74, 6) is 0.470. The second kappa shape index (κ2) is 7.31. The van der Waals surface area contributed by atoms with Crippen molar-refractivity contribution in [1.29, 1.82) is 0 Å². The van der Waals surface area contributed by atoms with Crippen LogP contribution >= 0.6 is 11.6 Å². The Kier molecular flexibility index (Phi) is 4.81. The summed E-state index contributed by atoms with van der Waals surface area (Å²) in [4.78, 5) is 21.3. The van der Waals surface area contributed by atoms with Gasteiger partial charge in [0.05, 0.1) is 27.3 Å². The fraction of sp³-hybridized carbons (Fsp3) is 0.0500. The van der Waals surface area contributed by atoms with Crippen molar-refractivity contribution >= 4 is 38.2 Å². The number of sulfonamides is 1. The number of hydrogen-bond donors (Lipinski definition) is 1. The number of halogens is 1. The van der Waals surface area contributed by atoms with Crippen molar-refractivity contribution in [3.05, 3.63) is 88.2 Å². The van der Waals surface area contributed by atoms with E-state index in [1.54, 1.807) is 31.2 Å². The Morgan fingerprint density at radius 1 is 1.07 bits per heavy atom. The molecular formula is C20H15ClN4O3S. The summed E-state index contributed by atoms with van der Waals surface area (Å²) in [5, 5.41) is 0.659. The second-order valence-corrected chi connectivity index (χ2v) is 8.36. The lowest BCUT2D eigenvalue weighted by Crippen LogP contribution is -2.22. The normalized spacial score (nSPS) is 11.5. The summed E-state index contributed by atoms with van der Waals surface area (Å²) in [6.07, 6.45) is 2.72. The first-order valence-corrected chi connectivity index (χ1v) is 10.4. The van der Waals surface area contributed by atoms with Gasteiger partial charge in [-0.25, -0.2) is 13.4 Å². The molecule has 7 nitrogen and oxygen atoms in total. The van der Waals surface area contributed by atoms with Gasteiger partial charge in [-0.2, -0.15) is 0 Å². The van der Waals surface area contributed by atoms with E-state index in [2.05, 4.69) is 14.7 Å². The van der Waals surface area contributed by atoms with Crippen LogP contribution in [0.15, 0.2) is 76.7 Å². The third-order valence-corrected chi connectivity index (χ3v) is 6.02. The summed E-state index contributed by atoms with van der Waals surface area (Å²) in [5.41, 5.74) is 0.931. The van der Waals surface area contributed by atoms with Crippen LogP contribution in [0.4, 0.5) is 5.69 Å². The maximum atomic E-state index is 13.0. The van der Waals surface area contributed by atoms with Crippen LogP contribution in [-0.2, 0) is 10.0 Å². The van der Waals surface area contributed by atoms with Gasteiger partial charge in [0.25, 0.3) is 15.6 Å². The van der Waals surface area contributed by atoms with Crippen LogP contribution in [0.2, 0.25) is 5.02 Å². The number of benzene rings is 2. The zero-order valence-corrected chi connectivity index (χ0v) is 16.8. The number of nitrogens with one attached hydrogen (secondary N) is 1. The van der Waals surface area contributed by atoms with Gasteiger partial charge in [0.1, 0.15) is 10.7 Å². The summed E-state index contributed by atoms with van der Waals surface area (Å²) >= 11 is 6.21. The molecule has 0 fully saturated rings. The summed E-state index contributed by atoms with van der Waals surface area (Å²) in [6, 6.07) is 14.7. The van der Waals surface area contributed by atoms with Crippen LogP contribution in [-0.4, -0.2) is 23.0 Å². The molecule has 0 spiro atoms. The van der Waals surface area contributed by atoms with Crippen LogP contribution in [0.1, 0.15) is 5.82 Å². The lowest BCUT2D eigenvalue weighted by molar-refractivity contribution is 0.601. The van der Waals surface area contributed by atoms with Crippen LogP contribution in [0.3, 0.4) is 0 Å². The predicted molar refractivity (Wildman–Crippen MR) is 112 cm³/mol. The molecule has 1 N–H and O–H groups in total. The smallest absolute Gasteiger partial charge is 0.265 e.